The van der Waals surface area contributed by atoms with Crippen LogP contribution in [0, 0.1) is 6.92 Å². The molecule has 138 valence electrons. The second-order valence-electron chi connectivity index (χ2n) is 6.29. The highest BCUT2D eigenvalue weighted by Gasteiger charge is 2.12. The molecule has 1 amide bonds. The Labute approximate surface area is 167 Å². The SMILES string of the molecule is Cc1ccc2nc(NC(=O)CSc3nnc4c(n3)[nH]c3ccccc34)sc2c1. The average molecular weight is 406 g/mol. The molecule has 28 heavy (non-hydrogen) atoms. The van der Waals surface area contributed by atoms with Gasteiger partial charge in [0, 0.05) is 10.9 Å². The van der Waals surface area contributed by atoms with E-state index in [-0.39, 0.29) is 11.7 Å². The Morgan fingerprint density at radius 3 is 3.00 bits per heavy atom. The third kappa shape index (κ3) is 3.19. The Hall–Kier alpha value is -3.04. The summed E-state index contributed by atoms with van der Waals surface area (Å²) in [5, 5.41) is 13.3. The molecular formula is C19H14N6OS2. The molecule has 0 fully saturated rings. The number of para-hydroxylation sites is 1. The first kappa shape index (κ1) is 17.1. The van der Waals surface area contributed by atoms with Crippen LogP contribution in [-0.4, -0.2) is 36.8 Å². The number of fused-ring (bicyclic) bond motifs is 4. The van der Waals surface area contributed by atoms with Crippen LogP contribution < -0.4 is 5.32 Å². The summed E-state index contributed by atoms with van der Waals surface area (Å²) in [6.07, 6.45) is 0. The zero-order chi connectivity index (χ0) is 19.1. The number of thioether (sulfide) groups is 1. The van der Waals surface area contributed by atoms with E-state index in [1.54, 1.807) is 0 Å². The Morgan fingerprint density at radius 2 is 2.07 bits per heavy atom. The molecule has 3 heterocycles. The molecular weight excluding hydrogens is 392 g/mol. The van der Waals surface area contributed by atoms with E-state index in [4.69, 9.17) is 0 Å². The Morgan fingerprint density at radius 1 is 1.18 bits per heavy atom. The van der Waals surface area contributed by atoms with E-state index < -0.39 is 0 Å². The quantitative estimate of drug-likeness (QED) is 0.435. The number of nitrogens with one attached hydrogen (secondary N) is 2. The lowest BCUT2D eigenvalue weighted by Gasteiger charge is -2.00. The van der Waals surface area contributed by atoms with Gasteiger partial charge in [0.05, 0.1) is 16.0 Å². The Balaban J connectivity index is 1.29. The molecule has 9 heteroatoms. The number of H-pyrrole nitrogens is 1. The van der Waals surface area contributed by atoms with Gasteiger partial charge < -0.3 is 10.3 Å². The number of aromatic nitrogens is 5. The standard InChI is InChI=1S/C19H14N6OS2/c1-10-6-7-13-14(8-10)28-18(21-13)22-15(26)9-27-19-23-17-16(24-25-19)11-4-2-3-5-12(11)20-17/h2-8H,9H2,1H3,(H,20,23,25)(H,21,22,26). The van der Waals surface area contributed by atoms with Crippen LogP contribution >= 0.6 is 23.1 Å². The van der Waals surface area contributed by atoms with Crippen LogP contribution in [0.3, 0.4) is 0 Å². The number of aromatic amines is 1. The summed E-state index contributed by atoms with van der Waals surface area (Å²) in [5.41, 5.74) is 4.41. The molecule has 7 nitrogen and oxygen atoms in total. The van der Waals surface area contributed by atoms with Crippen molar-refractivity contribution in [3.05, 3.63) is 48.0 Å². The van der Waals surface area contributed by atoms with Crippen molar-refractivity contribution in [3.63, 3.8) is 0 Å². The van der Waals surface area contributed by atoms with Crippen LogP contribution in [0.4, 0.5) is 5.13 Å². The van der Waals surface area contributed by atoms with Crippen LogP contribution in [0.5, 0.6) is 0 Å². The largest absolute Gasteiger partial charge is 0.338 e. The minimum absolute atomic E-state index is 0.152. The highest BCUT2D eigenvalue weighted by Crippen LogP contribution is 2.27. The summed E-state index contributed by atoms with van der Waals surface area (Å²) in [6.45, 7) is 2.03. The van der Waals surface area contributed by atoms with Crippen molar-refractivity contribution in [3.8, 4) is 0 Å². The number of aryl methyl sites for hydroxylation is 1. The van der Waals surface area contributed by atoms with Crippen molar-refractivity contribution in [2.75, 3.05) is 11.1 Å². The van der Waals surface area contributed by atoms with Crippen molar-refractivity contribution in [2.24, 2.45) is 0 Å². The summed E-state index contributed by atoms with van der Waals surface area (Å²) in [6, 6.07) is 13.9. The average Bonchev–Trinajstić information content (AvgIpc) is 3.25. The third-order valence-electron chi connectivity index (χ3n) is 4.23. The maximum absolute atomic E-state index is 12.3. The van der Waals surface area contributed by atoms with Crippen LogP contribution in [0.1, 0.15) is 5.56 Å². The molecule has 2 N–H and O–H groups in total. The van der Waals surface area contributed by atoms with E-state index >= 15 is 0 Å². The number of benzene rings is 2. The van der Waals surface area contributed by atoms with E-state index in [0.717, 1.165) is 26.6 Å². The van der Waals surface area contributed by atoms with Crippen LogP contribution in [0.25, 0.3) is 32.3 Å². The molecule has 0 aliphatic heterocycles. The van der Waals surface area contributed by atoms with Gasteiger partial charge in [-0.05, 0) is 30.7 Å². The van der Waals surface area contributed by atoms with Gasteiger partial charge >= 0.3 is 0 Å². The number of thiazole rings is 1. The minimum atomic E-state index is -0.152. The summed E-state index contributed by atoms with van der Waals surface area (Å²) in [4.78, 5) is 24.4. The molecule has 0 unspecified atom stereocenters. The number of hydrogen-bond donors (Lipinski definition) is 2. The predicted molar refractivity (Wildman–Crippen MR) is 113 cm³/mol. The second-order valence-corrected chi connectivity index (χ2v) is 8.26. The van der Waals surface area contributed by atoms with Crippen LogP contribution in [0.2, 0.25) is 0 Å². The molecule has 0 spiro atoms. The van der Waals surface area contributed by atoms with Crippen LogP contribution in [-0.2, 0) is 4.79 Å². The van der Waals surface area contributed by atoms with Crippen molar-refractivity contribution >= 4 is 66.4 Å². The summed E-state index contributed by atoms with van der Waals surface area (Å²) < 4.78 is 1.06. The van der Waals surface area contributed by atoms with E-state index in [9.17, 15) is 4.79 Å². The van der Waals surface area contributed by atoms with Gasteiger partial charge in [-0.25, -0.2) is 9.97 Å². The maximum atomic E-state index is 12.3. The number of carbonyl (C=O) groups excluding carboxylic acids is 1. The van der Waals surface area contributed by atoms with E-state index in [1.165, 1.54) is 28.7 Å². The monoisotopic (exact) mass is 406 g/mol. The molecule has 5 rings (SSSR count). The number of hydrogen-bond acceptors (Lipinski definition) is 7. The molecule has 5 aromatic rings. The van der Waals surface area contributed by atoms with E-state index in [1.807, 2.05) is 43.3 Å². The lowest BCUT2D eigenvalue weighted by atomic mass is 10.2. The van der Waals surface area contributed by atoms with E-state index in [0.29, 0.717) is 15.9 Å². The predicted octanol–water partition coefficient (Wildman–Crippen LogP) is 4.16. The Bertz CT molecular complexity index is 1340. The lowest BCUT2D eigenvalue weighted by molar-refractivity contribution is -0.113. The van der Waals surface area contributed by atoms with Gasteiger partial charge in [-0.15, -0.1) is 10.2 Å². The molecule has 3 aromatic heterocycles. The van der Waals surface area contributed by atoms with Gasteiger partial charge in [-0.2, -0.15) is 0 Å². The zero-order valence-electron chi connectivity index (χ0n) is 14.8. The minimum Gasteiger partial charge on any atom is -0.338 e. The number of nitrogens with zero attached hydrogens (tertiary/aromatic N) is 4. The summed E-state index contributed by atoms with van der Waals surface area (Å²) in [7, 11) is 0. The molecule has 0 saturated heterocycles. The fourth-order valence-corrected chi connectivity index (χ4v) is 4.50. The van der Waals surface area contributed by atoms with Gasteiger partial charge in [-0.1, -0.05) is 47.4 Å². The number of rotatable bonds is 4. The first-order valence-corrected chi connectivity index (χ1v) is 10.4. The van der Waals surface area contributed by atoms with Gasteiger partial charge in [0.1, 0.15) is 5.52 Å². The van der Waals surface area contributed by atoms with Gasteiger partial charge in [0.15, 0.2) is 10.8 Å². The summed E-state index contributed by atoms with van der Waals surface area (Å²) in [5.74, 6) is 0.0312. The smallest absolute Gasteiger partial charge is 0.236 e. The van der Waals surface area contributed by atoms with Gasteiger partial charge in [-0.3, -0.25) is 4.79 Å². The first-order chi connectivity index (χ1) is 13.7. The fourth-order valence-electron chi connectivity index (χ4n) is 2.94. The van der Waals surface area contributed by atoms with Crippen molar-refractivity contribution < 1.29 is 4.79 Å². The first-order valence-electron chi connectivity index (χ1n) is 8.57. The number of anilines is 1. The Kier molecular flexibility index (Phi) is 4.18. The molecule has 0 radical (unpaired) electrons. The molecule has 0 bridgehead atoms. The van der Waals surface area contributed by atoms with Crippen molar-refractivity contribution in [1.29, 1.82) is 0 Å². The van der Waals surface area contributed by atoms with Gasteiger partial charge in [0.2, 0.25) is 11.1 Å². The third-order valence-corrected chi connectivity index (χ3v) is 6.00. The molecule has 0 atom stereocenters. The lowest BCUT2D eigenvalue weighted by Crippen LogP contribution is -2.14. The van der Waals surface area contributed by atoms with Crippen LogP contribution in [0.15, 0.2) is 47.6 Å². The topological polar surface area (TPSA) is 96.5 Å². The zero-order valence-corrected chi connectivity index (χ0v) is 16.4. The molecule has 0 aliphatic carbocycles. The molecule has 0 saturated carbocycles. The van der Waals surface area contributed by atoms with Gasteiger partial charge in [0.25, 0.3) is 0 Å². The van der Waals surface area contributed by atoms with Crippen molar-refractivity contribution in [1.82, 2.24) is 25.1 Å². The summed E-state index contributed by atoms with van der Waals surface area (Å²) >= 11 is 2.71. The molecule has 2 aromatic carbocycles. The van der Waals surface area contributed by atoms with Crippen molar-refractivity contribution in [2.45, 2.75) is 12.1 Å². The normalized spacial score (nSPS) is 11.5. The second kappa shape index (κ2) is 6.84. The highest BCUT2D eigenvalue weighted by molar-refractivity contribution is 7.99. The fraction of sp³-hybridized carbons (Fsp3) is 0.105. The number of carbonyl (C=O) groups is 1. The van der Waals surface area contributed by atoms with E-state index in [2.05, 4.69) is 36.5 Å². The molecule has 0 aliphatic rings. The highest BCUT2D eigenvalue weighted by atomic mass is 32.2. The maximum Gasteiger partial charge on any atom is 0.236 e. The number of amides is 1.